The number of nitrogens with zero attached hydrogens (tertiary/aromatic N) is 4. The van der Waals surface area contributed by atoms with Gasteiger partial charge in [0.1, 0.15) is 5.69 Å². The third-order valence-electron chi connectivity index (χ3n) is 6.26. The number of piperazine rings is 1. The molecule has 0 saturated carbocycles. The van der Waals surface area contributed by atoms with Gasteiger partial charge in [0, 0.05) is 41.0 Å². The van der Waals surface area contributed by atoms with Crippen molar-refractivity contribution < 1.29 is 4.79 Å². The number of halogens is 2. The van der Waals surface area contributed by atoms with Crippen LogP contribution in [-0.2, 0) is 4.79 Å². The van der Waals surface area contributed by atoms with E-state index in [1.807, 2.05) is 55.1 Å². The van der Waals surface area contributed by atoms with Crippen molar-refractivity contribution in [1.29, 1.82) is 0 Å². The summed E-state index contributed by atoms with van der Waals surface area (Å²) in [4.78, 5) is 17.1. The molecule has 1 aromatic heterocycles. The smallest absolute Gasteiger partial charge is 0.240 e. The monoisotopic (exact) mass is 487 g/mol. The number of amides is 1. The van der Waals surface area contributed by atoms with E-state index in [4.69, 9.17) is 17.3 Å². The lowest BCUT2D eigenvalue weighted by Gasteiger charge is -2.48. The Balaban J connectivity index is 0.00000306. The highest BCUT2D eigenvalue weighted by molar-refractivity contribution is 6.30. The molecule has 1 amide bonds. The summed E-state index contributed by atoms with van der Waals surface area (Å²) >= 11 is 6.06. The standard InChI is InChI=1S/C25H30ClN5O.ClH/c1-16(2)21(27)24(32)31-14-13-30(15-25(31,3)4)23-20-8-6-5-7-19(20)22(28-29-23)17-9-11-18(26)12-10-17;/h5-12,16,21H,13-15,27H2,1-4H3;1H. The lowest BCUT2D eigenvalue weighted by Crippen LogP contribution is -2.64. The molecule has 2 N–H and O–H groups in total. The molecule has 2 aromatic carbocycles. The Morgan fingerprint density at radius 2 is 1.67 bits per heavy atom. The van der Waals surface area contributed by atoms with Crippen LogP contribution < -0.4 is 10.6 Å². The van der Waals surface area contributed by atoms with Crippen molar-refractivity contribution in [2.45, 2.75) is 39.3 Å². The molecule has 1 fully saturated rings. The number of carbonyl (C=O) groups excluding carboxylic acids is 1. The Hall–Kier alpha value is -2.41. The van der Waals surface area contributed by atoms with Gasteiger partial charge in [0.15, 0.2) is 5.82 Å². The Labute approximate surface area is 206 Å². The van der Waals surface area contributed by atoms with Gasteiger partial charge in [0.25, 0.3) is 0 Å². The van der Waals surface area contributed by atoms with Gasteiger partial charge < -0.3 is 15.5 Å². The molecular weight excluding hydrogens is 457 g/mol. The summed E-state index contributed by atoms with van der Waals surface area (Å²) in [6, 6.07) is 15.4. The molecule has 1 atom stereocenters. The number of hydrogen-bond donors (Lipinski definition) is 1. The van der Waals surface area contributed by atoms with Gasteiger partial charge in [0.2, 0.25) is 5.91 Å². The Kier molecular flexibility index (Phi) is 7.52. The number of fused-ring (bicyclic) bond motifs is 1. The highest BCUT2D eigenvalue weighted by Gasteiger charge is 2.39. The molecule has 0 bridgehead atoms. The van der Waals surface area contributed by atoms with Crippen LogP contribution in [0.2, 0.25) is 5.02 Å². The van der Waals surface area contributed by atoms with Gasteiger partial charge in [-0.05, 0) is 31.9 Å². The molecule has 33 heavy (non-hydrogen) atoms. The number of aromatic nitrogens is 2. The molecule has 176 valence electrons. The Morgan fingerprint density at radius 1 is 1.03 bits per heavy atom. The fourth-order valence-electron chi connectivity index (χ4n) is 4.35. The zero-order chi connectivity index (χ0) is 23.0. The third-order valence-corrected chi connectivity index (χ3v) is 6.51. The number of benzene rings is 2. The van der Waals surface area contributed by atoms with Gasteiger partial charge in [-0.2, -0.15) is 0 Å². The van der Waals surface area contributed by atoms with Crippen molar-refractivity contribution in [3.05, 3.63) is 53.6 Å². The van der Waals surface area contributed by atoms with Crippen LogP contribution in [0.3, 0.4) is 0 Å². The number of nitrogens with two attached hydrogens (primary N) is 1. The second-order valence-electron chi connectivity index (χ2n) is 9.42. The number of anilines is 1. The lowest BCUT2D eigenvalue weighted by atomic mass is 9.94. The molecule has 1 saturated heterocycles. The molecular formula is C25H31Cl2N5O. The second kappa shape index (κ2) is 9.84. The van der Waals surface area contributed by atoms with Gasteiger partial charge in [-0.1, -0.05) is 61.8 Å². The van der Waals surface area contributed by atoms with E-state index < -0.39 is 6.04 Å². The van der Waals surface area contributed by atoms with E-state index in [9.17, 15) is 4.79 Å². The summed E-state index contributed by atoms with van der Waals surface area (Å²) < 4.78 is 0. The molecule has 1 aliphatic heterocycles. The zero-order valence-electron chi connectivity index (χ0n) is 19.5. The second-order valence-corrected chi connectivity index (χ2v) is 9.85. The van der Waals surface area contributed by atoms with Crippen LogP contribution in [0.4, 0.5) is 5.82 Å². The lowest BCUT2D eigenvalue weighted by molar-refractivity contribution is -0.139. The van der Waals surface area contributed by atoms with Crippen LogP contribution >= 0.6 is 24.0 Å². The van der Waals surface area contributed by atoms with E-state index in [-0.39, 0.29) is 29.8 Å². The van der Waals surface area contributed by atoms with Crippen LogP contribution in [0.25, 0.3) is 22.0 Å². The quantitative estimate of drug-likeness (QED) is 0.572. The van der Waals surface area contributed by atoms with Crippen LogP contribution in [0.1, 0.15) is 27.7 Å². The van der Waals surface area contributed by atoms with E-state index in [1.165, 1.54) is 0 Å². The van der Waals surface area contributed by atoms with Gasteiger partial charge in [0.05, 0.1) is 11.6 Å². The van der Waals surface area contributed by atoms with Crippen molar-refractivity contribution >= 4 is 46.5 Å². The van der Waals surface area contributed by atoms with Crippen molar-refractivity contribution in [2.75, 3.05) is 24.5 Å². The average Bonchev–Trinajstić information content (AvgIpc) is 2.77. The minimum atomic E-state index is -0.486. The Morgan fingerprint density at radius 3 is 2.27 bits per heavy atom. The summed E-state index contributed by atoms with van der Waals surface area (Å²) in [6.07, 6.45) is 0. The third kappa shape index (κ3) is 4.93. The molecule has 8 heteroatoms. The first-order chi connectivity index (χ1) is 15.2. The van der Waals surface area contributed by atoms with E-state index in [0.29, 0.717) is 24.7 Å². The first-order valence-corrected chi connectivity index (χ1v) is 11.4. The summed E-state index contributed by atoms with van der Waals surface area (Å²) in [5.74, 6) is 0.955. The van der Waals surface area contributed by atoms with E-state index in [1.54, 1.807) is 0 Å². The summed E-state index contributed by atoms with van der Waals surface area (Å²) in [6.45, 7) is 10.1. The molecule has 4 rings (SSSR count). The number of hydrogen-bond acceptors (Lipinski definition) is 5. The van der Waals surface area contributed by atoms with E-state index in [0.717, 1.165) is 27.8 Å². The number of carbonyl (C=O) groups is 1. The molecule has 2 heterocycles. The van der Waals surface area contributed by atoms with Gasteiger partial charge in [-0.15, -0.1) is 22.6 Å². The molecule has 1 unspecified atom stereocenters. The maximum Gasteiger partial charge on any atom is 0.240 e. The first-order valence-electron chi connectivity index (χ1n) is 11.0. The molecule has 6 nitrogen and oxygen atoms in total. The van der Waals surface area contributed by atoms with Crippen molar-refractivity contribution in [1.82, 2.24) is 15.1 Å². The highest BCUT2D eigenvalue weighted by Crippen LogP contribution is 2.34. The molecule has 0 aliphatic carbocycles. The molecule has 3 aromatic rings. The van der Waals surface area contributed by atoms with E-state index in [2.05, 4.69) is 41.1 Å². The normalized spacial score (nSPS) is 16.6. The van der Waals surface area contributed by atoms with Gasteiger partial charge >= 0.3 is 0 Å². The predicted octanol–water partition coefficient (Wildman–Crippen LogP) is 4.78. The zero-order valence-corrected chi connectivity index (χ0v) is 21.0. The van der Waals surface area contributed by atoms with Crippen LogP contribution in [-0.4, -0.2) is 52.2 Å². The van der Waals surface area contributed by atoms with Gasteiger partial charge in [-0.3, -0.25) is 4.79 Å². The minimum Gasteiger partial charge on any atom is -0.351 e. The summed E-state index contributed by atoms with van der Waals surface area (Å²) in [5, 5.41) is 12.0. The van der Waals surface area contributed by atoms with Crippen molar-refractivity contribution in [2.24, 2.45) is 11.7 Å². The SMILES string of the molecule is CC(C)C(N)C(=O)N1CCN(c2nnc(-c3ccc(Cl)cc3)c3ccccc23)CC1(C)C.Cl. The molecule has 0 spiro atoms. The minimum absolute atomic E-state index is 0. The fourth-order valence-corrected chi connectivity index (χ4v) is 4.48. The Bertz CT molecular complexity index is 1130. The number of rotatable bonds is 4. The van der Waals surface area contributed by atoms with Crippen molar-refractivity contribution in [3.8, 4) is 11.3 Å². The first kappa shape index (κ1) is 25.2. The molecule has 0 radical (unpaired) electrons. The maximum absolute atomic E-state index is 13.0. The van der Waals surface area contributed by atoms with Crippen molar-refractivity contribution in [3.63, 3.8) is 0 Å². The predicted molar refractivity (Wildman–Crippen MR) is 138 cm³/mol. The highest BCUT2D eigenvalue weighted by atomic mass is 35.5. The maximum atomic E-state index is 13.0. The molecule has 1 aliphatic rings. The topological polar surface area (TPSA) is 75.4 Å². The fraction of sp³-hybridized carbons (Fsp3) is 0.400. The van der Waals surface area contributed by atoms with Crippen LogP contribution in [0, 0.1) is 5.92 Å². The van der Waals surface area contributed by atoms with Gasteiger partial charge in [-0.25, -0.2) is 0 Å². The summed E-state index contributed by atoms with van der Waals surface area (Å²) in [7, 11) is 0. The van der Waals surface area contributed by atoms with E-state index >= 15 is 0 Å². The summed E-state index contributed by atoms with van der Waals surface area (Å²) in [5.41, 5.74) is 7.61. The largest absolute Gasteiger partial charge is 0.351 e. The van der Waals surface area contributed by atoms with Crippen LogP contribution in [0.15, 0.2) is 48.5 Å². The van der Waals surface area contributed by atoms with Crippen LogP contribution in [0.5, 0.6) is 0 Å². The average molecular weight is 488 g/mol.